The van der Waals surface area contributed by atoms with Crippen LogP contribution in [0.4, 0.5) is 0 Å². The van der Waals surface area contributed by atoms with Gasteiger partial charge in [0, 0.05) is 4.47 Å². The van der Waals surface area contributed by atoms with Crippen LogP contribution in [-0.2, 0) is 6.42 Å². The van der Waals surface area contributed by atoms with Crippen LogP contribution < -0.4 is 0 Å². The highest BCUT2D eigenvalue weighted by Gasteiger charge is 2.13. The van der Waals surface area contributed by atoms with Gasteiger partial charge in [-0.3, -0.25) is 0 Å². The van der Waals surface area contributed by atoms with Crippen LogP contribution in [0.25, 0.3) is 0 Å². The molecule has 0 fully saturated rings. The second kappa shape index (κ2) is 5.68. The Hall–Kier alpha value is -1.12. The lowest BCUT2D eigenvalue weighted by Gasteiger charge is -2.14. The van der Waals surface area contributed by atoms with E-state index >= 15 is 0 Å². The molecule has 0 saturated heterocycles. The van der Waals surface area contributed by atoms with E-state index in [1.165, 1.54) is 11.1 Å². The van der Waals surface area contributed by atoms with Gasteiger partial charge < -0.3 is 5.11 Å². The number of aliphatic hydroxyl groups is 1. The van der Waals surface area contributed by atoms with Gasteiger partial charge in [-0.15, -0.1) is 0 Å². The van der Waals surface area contributed by atoms with Crippen molar-refractivity contribution in [3.63, 3.8) is 0 Å². The SMILES string of the molecule is CCc1ccc(C(O)c2ccc(C)cc2Br)cc1. The molecule has 94 valence electrons. The molecule has 0 amide bonds. The Morgan fingerprint density at radius 3 is 2.33 bits per heavy atom. The van der Waals surface area contributed by atoms with Crippen LogP contribution in [0.2, 0.25) is 0 Å². The Kier molecular flexibility index (Phi) is 4.20. The third kappa shape index (κ3) is 2.82. The fourth-order valence-electron chi connectivity index (χ4n) is 1.97. The average Bonchev–Trinajstić information content (AvgIpc) is 2.38. The Balaban J connectivity index is 2.31. The highest BCUT2D eigenvalue weighted by molar-refractivity contribution is 9.10. The predicted molar refractivity (Wildman–Crippen MR) is 78.8 cm³/mol. The summed E-state index contributed by atoms with van der Waals surface area (Å²) >= 11 is 3.51. The molecular weight excluding hydrogens is 288 g/mol. The van der Waals surface area contributed by atoms with Crippen LogP contribution in [0.3, 0.4) is 0 Å². The van der Waals surface area contributed by atoms with Crippen LogP contribution in [0, 0.1) is 6.92 Å². The fraction of sp³-hybridized carbons (Fsp3) is 0.250. The molecule has 0 aliphatic heterocycles. The van der Waals surface area contributed by atoms with E-state index in [1.807, 2.05) is 37.3 Å². The molecule has 2 aromatic carbocycles. The van der Waals surface area contributed by atoms with Crippen molar-refractivity contribution < 1.29 is 5.11 Å². The molecule has 2 rings (SSSR count). The summed E-state index contributed by atoms with van der Waals surface area (Å²) < 4.78 is 0.953. The number of aryl methyl sites for hydroxylation is 2. The van der Waals surface area contributed by atoms with Crippen LogP contribution in [0.15, 0.2) is 46.9 Å². The van der Waals surface area contributed by atoms with Crippen molar-refractivity contribution in [2.24, 2.45) is 0 Å². The minimum atomic E-state index is -0.578. The molecule has 18 heavy (non-hydrogen) atoms. The van der Waals surface area contributed by atoms with Gasteiger partial charge in [-0.25, -0.2) is 0 Å². The lowest BCUT2D eigenvalue weighted by atomic mass is 9.99. The van der Waals surface area contributed by atoms with Crippen molar-refractivity contribution in [3.05, 3.63) is 69.2 Å². The number of hydrogen-bond donors (Lipinski definition) is 1. The number of aliphatic hydroxyl groups excluding tert-OH is 1. The third-order valence-corrected chi connectivity index (χ3v) is 3.84. The molecule has 0 aromatic heterocycles. The van der Waals surface area contributed by atoms with Gasteiger partial charge in [0.2, 0.25) is 0 Å². The van der Waals surface area contributed by atoms with E-state index in [1.54, 1.807) is 0 Å². The maximum atomic E-state index is 10.4. The van der Waals surface area contributed by atoms with E-state index in [4.69, 9.17) is 0 Å². The maximum Gasteiger partial charge on any atom is 0.105 e. The second-order valence-electron chi connectivity index (χ2n) is 4.52. The van der Waals surface area contributed by atoms with Gasteiger partial charge in [0.05, 0.1) is 0 Å². The molecule has 0 aliphatic carbocycles. The van der Waals surface area contributed by atoms with E-state index in [0.29, 0.717) is 0 Å². The van der Waals surface area contributed by atoms with Gasteiger partial charge in [-0.1, -0.05) is 59.3 Å². The van der Waals surface area contributed by atoms with Crippen LogP contribution in [0.5, 0.6) is 0 Å². The first kappa shape index (κ1) is 13.3. The number of rotatable bonds is 3. The van der Waals surface area contributed by atoms with Crippen molar-refractivity contribution >= 4 is 15.9 Å². The van der Waals surface area contributed by atoms with Crippen molar-refractivity contribution in [2.75, 3.05) is 0 Å². The highest BCUT2D eigenvalue weighted by Crippen LogP contribution is 2.29. The summed E-state index contributed by atoms with van der Waals surface area (Å²) in [5, 5.41) is 10.4. The summed E-state index contributed by atoms with van der Waals surface area (Å²) in [4.78, 5) is 0. The first-order valence-electron chi connectivity index (χ1n) is 6.14. The first-order valence-corrected chi connectivity index (χ1v) is 6.94. The Morgan fingerprint density at radius 1 is 1.11 bits per heavy atom. The van der Waals surface area contributed by atoms with E-state index in [0.717, 1.165) is 22.0 Å². The quantitative estimate of drug-likeness (QED) is 0.891. The molecule has 1 nitrogen and oxygen atoms in total. The molecule has 2 aromatic rings. The van der Waals surface area contributed by atoms with Gasteiger partial charge >= 0.3 is 0 Å². The molecule has 0 radical (unpaired) electrons. The van der Waals surface area contributed by atoms with Crippen LogP contribution in [0.1, 0.15) is 35.3 Å². The van der Waals surface area contributed by atoms with Gasteiger partial charge in [0.25, 0.3) is 0 Å². The molecule has 1 atom stereocenters. The molecule has 0 heterocycles. The van der Waals surface area contributed by atoms with Crippen LogP contribution in [-0.4, -0.2) is 5.11 Å². The van der Waals surface area contributed by atoms with Crippen LogP contribution >= 0.6 is 15.9 Å². The predicted octanol–water partition coefficient (Wildman–Crippen LogP) is 4.40. The second-order valence-corrected chi connectivity index (χ2v) is 5.38. The average molecular weight is 305 g/mol. The van der Waals surface area contributed by atoms with Crippen molar-refractivity contribution in [1.29, 1.82) is 0 Å². The topological polar surface area (TPSA) is 20.2 Å². The maximum absolute atomic E-state index is 10.4. The first-order chi connectivity index (χ1) is 8.61. The Bertz CT molecular complexity index is 531. The molecule has 1 N–H and O–H groups in total. The number of hydrogen-bond acceptors (Lipinski definition) is 1. The fourth-order valence-corrected chi connectivity index (χ4v) is 2.68. The van der Waals surface area contributed by atoms with E-state index in [9.17, 15) is 5.11 Å². The standard InChI is InChI=1S/C16H17BrO/c1-3-12-5-7-13(8-6-12)16(18)14-9-4-11(2)10-15(14)17/h4-10,16,18H,3H2,1-2H3. The molecule has 0 aliphatic rings. The lowest BCUT2D eigenvalue weighted by Crippen LogP contribution is -2.01. The zero-order chi connectivity index (χ0) is 13.1. The van der Waals surface area contributed by atoms with E-state index < -0.39 is 6.10 Å². The molecular formula is C16H17BrO. The number of halogens is 1. The Labute approximate surface area is 117 Å². The highest BCUT2D eigenvalue weighted by atomic mass is 79.9. The summed E-state index contributed by atoms with van der Waals surface area (Å²) in [5.74, 6) is 0. The molecule has 0 spiro atoms. The van der Waals surface area contributed by atoms with Gasteiger partial charge in [-0.2, -0.15) is 0 Å². The third-order valence-electron chi connectivity index (χ3n) is 3.15. The number of benzene rings is 2. The monoisotopic (exact) mass is 304 g/mol. The van der Waals surface area contributed by atoms with E-state index in [-0.39, 0.29) is 0 Å². The summed E-state index contributed by atoms with van der Waals surface area (Å²) in [6, 6.07) is 14.1. The molecule has 0 saturated carbocycles. The zero-order valence-corrected chi connectivity index (χ0v) is 12.2. The largest absolute Gasteiger partial charge is 0.384 e. The van der Waals surface area contributed by atoms with Crippen molar-refractivity contribution in [1.82, 2.24) is 0 Å². The van der Waals surface area contributed by atoms with Crippen molar-refractivity contribution in [2.45, 2.75) is 26.4 Å². The smallest absolute Gasteiger partial charge is 0.105 e. The minimum Gasteiger partial charge on any atom is -0.384 e. The summed E-state index contributed by atoms with van der Waals surface area (Å²) in [6.07, 6.45) is 0.441. The molecule has 0 bridgehead atoms. The molecule has 2 heteroatoms. The molecule has 1 unspecified atom stereocenters. The summed E-state index contributed by atoms with van der Waals surface area (Å²) in [7, 11) is 0. The minimum absolute atomic E-state index is 0.578. The summed E-state index contributed by atoms with van der Waals surface area (Å²) in [5.41, 5.74) is 4.30. The van der Waals surface area contributed by atoms with Gasteiger partial charge in [0.1, 0.15) is 6.10 Å². The van der Waals surface area contributed by atoms with Crippen molar-refractivity contribution in [3.8, 4) is 0 Å². The lowest BCUT2D eigenvalue weighted by molar-refractivity contribution is 0.219. The van der Waals surface area contributed by atoms with Gasteiger partial charge in [0.15, 0.2) is 0 Å². The van der Waals surface area contributed by atoms with E-state index in [2.05, 4.69) is 35.0 Å². The zero-order valence-electron chi connectivity index (χ0n) is 10.7. The normalized spacial score (nSPS) is 12.4. The Morgan fingerprint density at radius 2 is 1.78 bits per heavy atom. The van der Waals surface area contributed by atoms with Gasteiger partial charge in [-0.05, 0) is 41.7 Å². The summed E-state index contributed by atoms with van der Waals surface area (Å²) in [6.45, 7) is 4.17.